The zero-order valence-corrected chi connectivity index (χ0v) is 14.1. The molecule has 0 aliphatic carbocycles. The summed E-state index contributed by atoms with van der Waals surface area (Å²) in [6.07, 6.45) is -0.247. The molecule has 1 aromatic carbocycles. The van der Waals surface area contributed by atoms with Gasteiger partial charge < -0.3 is 19.9 Å². The predicted molar refractivity (Wildman–Crippen MR) is 92.0 cm³/mol. The highest BCUT2D eigenvalue weighted by molar-refractivity contribution is 7.80. The van der Waals surface area contributed by atoms with Crippen LogP contribution >= 0.6 is 12.2 Å². The smallest absolute Gasteiger partial charge is 0.410 e. The van der Waals surface area contributed by atoms with Crippen molar-refractivity contribution in [3.8, 4) is 0 Å². The van der Waals surface area contributed by atoms with Crippen LogP contribution in [0.2, 0.25) is 0 Å². The first-order valence-corrected chi connectivity index (χ1v) is 7.99. The van der Waals surface area contributed by atoms with Gasteiger partial charge in [0.2, 0.25) is 0 Å². The molecule has 1 aliphatic heterocycles. The van der Waals surface area contributed by atoms with E-state index in [1.165, 1.54) is 0 Å². The zero-order valence-electron chi connectivity index (χ0n) is 13.3. The molecule has 1 heterocycles. The highest BCUT2D eigenvalue weighted by Gasteiger charge is 2.33. The molecule has 0 saturated carbocycles. The van der Waals surface area contributed by atoms with E-state index >= 15 is 0 Å². The molecule has 1 aliphatic rings. The van der Waals surface area contributed by atoms with Crippen molar-refractivity contribution in [2.24, 2.45) is 0 Å². The fourth-order valence-corrected chi connectivity index (χ4v) is 2.96. The molecule has 0 unspecified atom stereocenters. The van der Waals surface area contributed by atoms with Gasteiger partial charge in [-0.25, -0.2) is 4.79 Å². The Labute approximate surface area is 137 Å². The predicted octanol–water partition coefficient (Wildman–Crippen LogP) is 2.93. The third-order valence-electron chi connectivity index (χ3n) is 3.77. The van der Waals surface area contributed by atoms with Crippen LogP contribution in [0.15, 0.2) is 30.3 Å². The van der Waals surface area contributed by atoms with Gasteiger partial charge in [-0.3, -0.25) is 0 Å². The monoisotopic (exact) mass is 321 g/mol. The van der Waals surface area contributed by atoms with Gasteiger partial charge in [0.25, 0.3) is 0 Å². The number of carbonyl (C=O) groups is 1. The fourth-order valence-electron chi connectivity index (χ4n) is 2.59. The molecule has 1 N–H and O–H groups in total. The lowest BCUT2D eigenvalue weighted by Gasteiger charge is -2.44. The molecular formula is C16H23N3O2S. The quantitative estimate of drug-likeness (QED) is 0.849. The number of rotatable bonds is 2. The summed E-state index contributed by atoms with van der Waals surface area (Å²) >= 11 is 5.52. The average molecular weight is 321 g/mol. The van der Waals surface area contributed by atoms with Crippen LogP contribution in [0.5, 0.6) is 0 Å². The van der Waals surface area contributed by atoms with Crippen LogP contribution in [0.25, 0.3) is 0 Å². The van der Waals surface area contributed by atoms with Crippen LogP contribution in [0, 0.1) is 0 Å². The van der Waals surface area contributed by atoms with Crippen LogP contribution in [-0.4, -0.2) is 52.8 Å². The maximum atomic E-state index is 12.0. The number of hydrogen-bond donors (Lipinski definition) is 1. The second kappa shape index (κ2) is 7.45. The minimum absolute atomic E-state index is 0.0609. The summed E-state index contributed by atoms with van der Waals surface area (Å²) in [7, 11) is 0. The van der Waals surface area contributed by atoms with E-state index in [0.29, 0.717) is 24.8 Å². The lowest BCUT2D eigenvalue weighted by atomic mass is 10.1. The Kier molecular flexibility index (Phi) is 5.60. The average Bonchev–Trinajstić information content (AvgIpc) is 2.50. The second-order valence-electron chi connectivity index (χ2n) is 5.50. The number of amides is 1. The summed E-state index contributed by atoms with van der Waals surface area (Å²) in [6.45, 7) is 7.60. The molecule has 2 atom stereocenters. The number of thiocarbonyl (C=S) groups is 1. The Balaban J connectivity index is 1.99. The second-order valence-corrected chi connectivity index (χ2v) is 5.88. The Bertz CT molecular complexity index is 523. The number of para-hydroxylation sites is 1. The molecule has 1 aromatic rings. The highest BCUT2D eigenvalue weighted by atomic mass is 32.1. The van der Waals surface area contributed by atoms with Gasteiger partial charge in [0, 0.05) is 30.9 Å². The van der Waals surface area contributed by atoms with Crippen molar-refractivity contribution < 1.29 is 9.53 Å². The topological polar surface area (TPSA) is 44.8 Å². The Morgan fingerprint density at radius 2 is 1.82 bits per heavy atom. The van der Waals surface area contributed by atoms with Gasteiger partial charge in [-0.1, -0.05) is 18.2 Å². The molecule has 0 bridgehead atoms. The largest absolute Gasteiger partial charge is 0.450 e. The molecule has 1 saturated heterocycles. The summed E-state index contributed by atoms with van der Waals surface area (Å²) in [4.78, 5) is 15.9. The number of hydrogen-bond acceptors (Lipinski definition) is 3. The van der Waals surface area contributed by atoms with Gasteiger partial charge in [-0.05, 0) is 45.1 Å². The van der Waals surface area contributed by atoms with E-state index in [9.17, 15) is 4.79 Å². The summed E-state index contributed by atoms with van der Waals surface area (Å²) in [5.74, 6) is 0. The van der Waals surface area contributed by atoms with Gasteiger partial charge in [-0.2, -0.15) is 0 Å². The van der Waals surface area contributed by atoms with Crippen molar-refractivity contribution in [1.29, 1.82) is 0 Å². The number of anilines is 1. The van der Waals surface area contributed by atoms with E-state index in [-0.39, 0.29) is 18.2 Å². The van der Waals surface area contributed by atoms with Crippen molar-refractivity contribution >= 4 is 29.1 Å². The first-order valence-electron chi connectivity index (χ1n) is 7.59. The number of nitrogens with zero attached hydrogens (tertiary/aromatic N) is 2. The first-order chi connectivity index (χ1) is 10.5. The standard InChI is InChI=1S/C16H23N3O2S/c1-4-21-16(20)19-11-12(2)18(10-13(19)3)15(22)17-14-8-6-5-7-9-14/h5-9,12-13H,4,10-11H2,1-3H3,(H,17,22)/t12-,13+/m0/s1. The third kappa shape index (κ3) is 3.88. The number of carbonyl (C=O) groups excluding carboxylic acids is 1. The number of piperazine rings is 1. The van der Waals surface area contributed by atoms with Gasteiger partial charge in [0.15, 0.2) is 5.11 Å². The molecule has 120 valence electrons. The molecule has 1 amide bonds. The molecular weight excluding hydrogens is 298 g/mol. The van der Waals surface area contributed by atoms with Crippen LogP contribution in [-0.2, 0) is 4.74 Å². The van der Waals surface area contributed by atoms with Crippen LogP contribution in [0.3, 0.4) is 0 Å². The maximum absolute atomic E-state index is 12.0. The third-order valence-corrected chi connectivity index (χ3v) is 4.11. The van der Waals surface area contributed by atoms with E-state index in [4.69, 9.17) is 17.0 Å². The normalized spacial score (nSPS) is 21.4. The molecule has 2 rings (SSSR count). The van der Waals surface area contributed by atoms with E-state index in [2.05, 4.69) is 17.1 Å². The van der Waals surface area contributed by atoms with E-state index in [0.717, 1.165) is 5.69 Å². The lowest BCUT2D eigenvalue weighted by Crippen LogP contribution is -2.60. The zero-order chi connectivity index (χ0) is 16.1. The number of benzene rings is 1. The first kappa shape index (κ1) is 16.5. The van der Waals surface area contributed by atoms with Gasteiger partial charge in [0.05, 0.1) is 6.61 Å². The minimum Gasteiger partial charge on any atom is -0.450 e. The number of ether oxygens (including phenoxy) is 1. The fraction of sp³-hybridized carbons (Fsp3) is 0.500. The molecule has 0 spiro atoms. The molecule has 1 fully saturated rings. The van der Waals surface area contributed by atoms with Crippen molar-refractivity contribution in [3.63, 3.8) is 0 Å². The maximum Gasteiger partial charge on any atom is 0.410 e. The van der Waals surface area contributed by atoms with E-state index in [1.54, 1.807) is 4.90 Å². The summed E-state index contributed by atoms with van der Waals surface area (Å²) < 4.78 is 5.11. The minimum atomic E-state index is -0.247. The Morgan fingerprint density at radius 1 is 1.23 bits per heavy atom. The molecule has 6 heteroatoms. The molecule has 5 nitrogen and oxygen atoms in total. The Hall–Kier alpha value is -1.82. The van der Waals surface area contributed by atoms with Crippen molar-refractivity contribution in [2.45, 2.75) is 32.9 Å². The van der Waals surface area contributed by atoms with Crippen LogP contribution in [0.1, 0.15) is 20.8 Å². The summed E-state index contributed by atoms with van der Waals surface area (Å²) in [6, 6.07) is 10.1. The Morgan fingerprint density at radius 3 is 2.45 bits per heavy atom. The highest BCUT2D eigenvalue weighted by Crippen LogP contribution is 2.18. The molecule has 22 heavy (non-hydrogen) atoms. The number of nitrogens with one attached hydrogen (secondary N) is 1. The van der Waals surface area contributed by atoms with Crippen molar-refractivity contribution in [1.82, 2.24) is 9.80 Å². The van der Waals surface area contributed by atoms with Crippen LogP contribution in [0.4, 0.5) is 10.5 Å². The summed E-state index contributed by atoms with van der Waals surface area (Å²) in [5, 5.41) is 3.94. The summed E-state index contributed by atoms with van der Waals surface area (Å²) in [5.41, 5.74) is 0.972. The SMILES string of the molecule is CCOC(=O)N1C[C@H](C)N(C(=S)Nc2ccccc2)C[C@H]1C. The van der Waals surface area contributed by atoms with Gasteiger partial charge in [0.1, 0.15) is 0 Å². The molecule has 0 aromatic heterocycles. The van der Waals surface area contributed by atoms with Crippen molar-refractivity contribution in [2.75, 3.05) is 25.0 Å². The van der Waals surface area contributed by atoms with E-state index in [1.807, 2.05) is 44.2 Å². The lowest BCUT2D eigenvalue weighted by molar-refractivity contribution is 0.0546. The van der Waals surface area contributed by atoms with Gasteiger partial charge in [-0.15, -0.1) is 0 Å². The van der Waals surface area contributed by atoms with Crippen LogP contribution < -0.4 is 5.32 Å². The molecule has 0 radical (unpaired) electrons. The van der Waals surface area contributed by atoms with E-state index < -0.39 is 0 Å². The van der Waals surface area contributed by atoms with Gasteiger partial charge >= 0.3 is 6.09 Å². The van der Waals surface area contributed by atoms with Crippen molar-refractivity contribution in [3.05, 3.63) is 30.3 Å².